The molecule has 4 aromatic rings. The number of nitrogens with one attached hydrogen (secondary N) is 3. The molecular formula is C21H18ClN5O3. The number of ether oxygens (including phenoxy) is 1. The molecule has 0 saturated heterocycles. The summed E-state index contributed by atoms with van der Waals surface area (Å²) in [7, 11) is 1.57. The Bertz CT molecular complexity index is 1290. The van der Waals surface area contributed by atoms with Crippen molar-refractivity contribution < 1.29 is 9.53 Å². The van der Waals surface area contributed by atoms with E-state index >= 15 is 0 Å². The first-order chi connectivity index (χ1) is 14.4. The van der Waals surface area contributed by atoms with Crippen molar-refractivity contribution in [3.05, 3.63) is 81.2 Å². The molecule has 0 atom stereocenters. The minimum absolute atomic E-state index is 0.201. The first-order valence-electron chi connectivity index (χ1n) is 9.05. The van der Waals surface area contributed by atoms with Crippen molar-refractivity contribution in [3.8, 4) is 5.75 Å². The maximum atomic E-state index is 13.2. The number of anilines is 3. The van der Waals surface area contributed by atoms with E-state index in [0.29, 0.717) is 33.7 Å². The van der Waals surface area contributed by atoms with Gasteiger partial charge < -0.3 is 15.4 Å². The predicted octanol–water partition coefficient (Wildman–Crippen LogP) is 3.99. The van der Waals surface area contributed by atoms with Crippen LogP contribution < -0.4 is 20.9 Å². The first-order valence-corrected chi connectivity index (χ1v) is 9.43. The second-order valence-corrected chi connectivity index (χ2v) is 7.01. The van der Waals surface area contributed by atoms with Gasteiger partial charge in [0.1, 0.15) is 17.1 Å². The van der Waals surface area contributed by atoms with E-state index in [9.17, 15) is 9.59 Å². The number of hydrogen-bond donors (Lipinski definition) is 3. The number of aryl methyl sites for hydroxylation is 1. The molecule has 3 N–H and O–H groups in total. The molecule has 0 saturated carbocycles. The van der Waals surface area contributed by atoms with Crippen LogP contribution in [0.5, 0.6) is 5.75 Å². The van der Waals surface area contributed by atoms with Crippen LogP contribution in [0.25, 0.3) is 5.65 Å². The minimum atomic E-state index is -0.430. The lowest BCUT2D eigenvalue weighted by Crippen LogP contribution is -2.17. The van der Waals surface area contributed by atoms with E-state index in [0.717, 1.165) is 0 Å². The van der Waals surface area contributed by atoms with Gasteiger partial charge in [-0.3, -0.25) is 14.7 Å². The Kier molecular flexibility index (Phi) is 5.16. The zero-order chi connectivity index (χ0) is 21.3. The Balaban J connectivity index is 1.78. The molecule has 2 aromatic heterocycles. The normalized spacial score (nSPS) is 10.8. The van der Waals surface area contributed by atoms with Crippen LogP contribution >= 0.6 is 11.6 Å². The maximum absolute atomic E-state index is 13.2. The first kappa shape index (κ1) is 19.5. The highest BCUT2D eigenvalue weighted by atomic mass is 35.5. The van der Waals surface area contributed by atoms with Crippen LogP contribution in [0.2, 0.25) is 5.02 Å². The molecule has 0 aliphatic carbocycles. The van der Waals surface area contributed by atoms with E-state index in [1.165, 1.54) is 10.6 Å². The van der Waals surface area contributed by atoms with Crippen LogP contribution in [0.15, 0.2) is 59.4 Å². The fraction of sp³-hybridized carbons (Fsp3) is 0.0952. The molecule has 2 heterocycles. The number of benzene rings is 2. The topological polar surface area (TPSA) is 101 Å². The standard InChI is InChI=1S/C21H18ClN5O3/c1-12-10-17(28)27-20(23-12)18(19(26-27)24-15-5-3-4-13(22)11-15)21(29)25-14-6-8-16(30-2)9-7-14/h3-11,24,26H,1-2H3,(H,25,29). The Morgan fingerprint density at radius 2 is 1.90 bits per heavy atom. The number of methoxy groups -OCH3 is 1. The second-order valence-electron chi connectivity index (χ2n) is 6.57. The maximum Gasteiger partial charge on any atom is 0.272 e. The molecule has 2 aromatic carbocycles. The Hall–Kier alpha value is -3.78. The smallest absolute Gasteiger partial charge is 0.272 e. The van der Waals surface area contributed by atoms with E-state index < -0.39 is 5.91 Å². The quantitative estimate of drug-likeness (QED) is 0.450. The number of fused-ring (bicyclic) bond motifs is 1. The lowest BCUT2D eigenvalue weighted by Gasteiger charge is -2.09. The van der Waals surface area contributed by atoms with Gasteiger partial charge >= 0.3 is 0 Å². The minimum Gasteiger partial charge on any atom is -0.497 e. The molecule has 1 amide bonds. The molecule has 152 valence electrons. The van der Waals surface area contributed by atoms with Crippen molar-refractivity contribution >= 4 is 40.3 Å². The SMILES string of the molecule is COc1ccc(NC(=O)c2c(Nc3cccc(Cl)c3)[nH]n3c(=O)cc(C)nc23)cc1. The lowest BCUT2D eigenvalue weighted by molar-refractivity contribution is 0.102. The number of carbonyl (C=O) groups is 1. The van der Waals surface area contributed by atoms with Gasteiger partial charge in [0.15, 0.2) is 5.65 Å². The lowest BCUT2D eigenvalue weighted by atomic mass is 10.2. The summed E-state index contributed by atoms with van der Waals surface area (Å²) in [6.45, 7) is 1.70. The zero-order valence-electron chi connectivity index (χ0n) is 16.2. The van der Waals surface area contributed by atoms with Crippen LogP contribution in [0, 0.1) is 6.92 Å². The fourth-order valence-electron chi connectivity index (χ4n) is 3.04. The summed E-state index contributed by atoms with van der Waals surface area (Å²) in [6.07, 6.45) is 0. The third-order valence-electron chi connectivity index (χ3n) is 4.41. The van der Waals surface area contributed by atoms with Gasteiger partial charge in [-0.1, -0.05) is 17.7 Å². The third-order valence-corrected chi connectivity index (χ3v) is 4.65. The molecular weight excluding hydrogens is 406 g/mol. The highest BCUT2D eigenvalue weighted by molar-refractivity contribution is 6.30. The highest BCUT2D eigenvalue weighted by Gasteiger charge is 2.22. The van der Waals surface area contributed by atoms with E-state index in [1.807, 2.05) is 0 Å². The monoisotopic (exact) mass is 423 g/mol. The van der Waals surface area contributed by atoms with Crippen molar-refractivity contribution in [3.63, 3.8) is 0 Å². The Morgan fingerprint density at radius 1 is 1.13 bits per heavy atom. The molecule has 0 aliphatic heterocycles. The van der Waals surface area contributed by atoms with Crippen LogP contribution in [0.1, 0.15) is 16.1 Å². The van der Waals surface area contributed by atoms with Crippen molar-refractivity contribution in [2.24, 2.45) is 0 Å². The number of halogens is 1. The molecule has 0 radical (unpaired) electrons. The summed E-state index contributed by atoms with van der Waals surface area (Å²) < 4.78 is 6.36. The molecule has 0 bridgehead atoms. The van der Waals surface area contributed by atoms with Gasteiger partial charge in [-0.05, 0) is 49.4 Å². The van der Waals surface area contributed by atoms with Gasteiger partial charge in [0.05, 0.1) is 7.11 Å². The van der Waals surface area contributed by atoms with E-state index in [2.05, 4.69) is 20.7 Å². The second kappa shape index (κ2) is 7.92. The Labute approximate surface area is 176 Å². The number of aromatic amines is 1. The zero-order valence-corrected chi connectivity index (χ0v) is 16.9. The molecule has 8 nitrogen and oxygen atoms in total. The number of H-pyrrole nitrogens is 1. The number of aromatic nitrogens is 3. The summed E-state index contributed by atoms with van der Waals surface area (Å²) >= 11 is 6.06. The molecule has 30 heavy (non-hydrogen) atoms. The summed E-state index contributed by atoms with van der Waals surface area (Å²) in [5, 5.41) is 9.40. The van der Waals surface area contributed by atoms with E-state index in [1.54, 1.807) is 62.6 Å². The number of carbonyl (C=O) groups excluding carboxylic acids is 1. The van der Waals surface area contributed by atoms with Gasteiger partial charge in [-0.25, -0.2) is 4.98 Å². The summed E-state index contributed by atoms with van der Waals surface area (Å²) in [4.78, 5) is 30.0. The van der Waals surface area contributed by atoms with Gasteiger partial charge in [0, 0.05) is 28.2 Å². The molecule has 0 spiro atoms. The molecule has 9 heteroatoms. The van der Waals surface area contributed by atoms with Crippen LogP contribution in [-0.4, -0.2) is 27.6 Å². The summed E-state index contributed by atoms with van der Waals surface area (Å²) in [6, 6.07) is 15.3. The molecule has 0 unspecified atom stereocenters. The Morgan fingerprint density at radius 3 is 2.60 bits per heavy atom. The summed E-state index contributed by atoms with van der Waals surface area (Å²) in [5.41, 5.74) is 1.82. The van der Waals surface area contributed by atoms with Gasteiger partial charge in [0.2, 0.25) is 0 Å². The van der Waals surface area contributed by atoms with Crippen LogP contribution in [0.3, 0.4) is 0 Å². The highest BCUT2D eigenvalue weighted by Crippen LogP contribution is 2.25. The number of nitrogens with zero attached hydrogens (tertiary/aromatic N) is 2. The average molecular weight is 424 g/mol. The third kappa shape index (κ3) is 3.85. The predicted molar refractivity (Wildman–Crippen MR) is 116 cm³/mol. The number of hydrogen-bond acceptors (Lipinski definition) is 5. The van der Waals surface area contributed by atoms with Crippen molar-refractivity contribution in [1.29, 1.82) is 0 Å². The fourth-order valence-corrected chi connectivity index (χ4v) is 3.23. The van der Waals surface area contributed by atoms with Gasteiger partial charge in [0.25, 0.3) is 11.5 Å². The van der Waals surface area contributed by atoms with E-state index in [-0.39, 0.29) is 16.8 Å². The summed E-state index contributed by atoms with van der Waals surface area (Å²) in [5.74, 6) is 0.562. The van der Waals surface area contributed by atoms with E-state index in [4.69, 9.17) is 16.3 Å². The average Bonchev–Trinajstić information content (AvgIpc) is 3.06. The molecule has 0 fully saturated rings. The van der Waals surface area contributed by atoms with Crippen molar-refractivity contribution in [2.45, 2.75) is 6.92 Å². The van der Waals surface area contributed by atoms with Crippen LogP contribution in [-0.2, 0) is 0 Å². The van der Waals surface area contributed by atoms with Crippen molar-refractivity contribution in [2.75, 3.05) is 17.7 Å². The molecule has 4 rings (SSSR count). The van der Waals surface area contributed by atoms with Gasteiger partial charge in [-0.15, -0.1) is 0 Å². The van der Waals surface area contributed by atoms with Crippen LogP contribution in [0.4, 0.5) is 17.2 Å². The number of amides is 1. The van der Waals surface area contributed by atoms with Crippen molar-refractivity contribution in [1.82, 2.24) is 14.6 Å². The van der Waals surface area contributed by atoms with Gasteiger partial charge in [-0.2, -0.15) is 4.52 Å². The number of rotatable bonds is 5. The molecule has 0 aliphatic rings. The largest absolute Gasteiger partial charge is 0.497 e.